The topological polar surface area (TPSA) is 47.0 Å². The van der Waals surface area contributed by atoms with E-state index in [2.05, 4.69) is 20.9 Å². The first-order valence-corrected chi connectivity index (χ1v) is 6.81. The fourth-order valence-corrected chi connectivity index (χ4v) is 4.17. The highest BCUT2D eigenvalue weighted by Gasteiger charge is 2.34. The highest BCUT2D eigenvalue weighted by Crippen LogP contribution is 2.32. The van der Waals surface area contributed by atoms with Crippen LogP contribution in [0.25, 0.3) is 0 Å². The molecule has 1 aromatic heterocycles. The molecule has 0 saturated heterocycles. The van der Waals surface area contributed by atoms with Crippen LogP contribution in [0.3, 0.4) is 0 Å². The molecule has 5 heteroatoms. The Hall–Kier alpha value is -0.420. The molecule has 0 unspecified atom stereocenters. The molecule has 0 amide bonds. The van der Waals surface area contributed by atoms with E-state index in [1.807, 2.05) is 0 Å². The second-order valence-electron chi connectivity index (χ2n) is 3.39. The largest absolute Gasteiger partial charge is 0.244 e. The lowest BCUT2D eigenvalue weighted by molar-refractivity contribution is 0.474. The lowest BCUT2D eigenvalue weighted by Gasteiger charge is -2.24. The zero-order valence-electron chi connectivity index (χ0n) is 7.48. The van der Waals surface area contributed by atoms with Gasteiger partial charge in [-0.25, -0.2) is 13.4 Å². The molecule has 2 rings (SSSR count). The summed E-state index contributed by atoms with van der Waals surface area (Å²) in [7, 11) is -3.19. The molecule has 1 aliphatic rings. The van der Waals surface area contributed by atoms with Gasteiger partial charge in [0, 0.05) is 6.20 Å². The van der Waals surface area contributed by atoms with Gasteiger partial charge < -0.3 is 0 Å². The van der Waals surface area contributed by atoms with E-state index in [0.717, 1.165) is 19.3 Å². The van der Waals surface area contributed by atoms with Crippen molar-refractivity contribution in [1.29, 1.82) is 0 Å². The zero-order valence-corrected chi connectivity index (χ0v) is 9.88. The van der Waals surface area contributed by atoms with Gasteiger partial charge in [-0.05, 0) is 40.9 Å². The maximum Gasteiger partial charge on any atom is 0.199 e. The van der Waals surface area contributed by atoms with Crippen molar-refractivity contribution in [2.24, 2.45) is 0 Å². The van der Waals surface area contributed by atoms with Crippen LogP contribution in [0, 0.1) is 0 Å². The Morgan fingerprint density at radius 2 is 2.14 bits per heavy atom. The molecule has 0 aliphatic heterocycles. The van der Waals surface area contributed by atoms with Crippen molar-refractivity contribution in [2.45, 2.75) is 29.5 Å². The number of rotatable bonds is 2. The SMILES string of the molecule is O=S(=O)(c1ncccc1Br)C1CCC1. The van der Waals surface area contributed by atoms with E-state index in [1.54, 1.807) is 12.1 Å². The van der Waals surface area contributed by atoms with E-state index >= 15 is 0 Å². The molecular weight excluding hydrogens is 266 g/mol. The lowest BCUT2D eigenvalue weighted by Crippen LogP contribution is -2.29. The summed E-state index contributed by atoms with van der Waals surface area (Å²) in [4.78, 5) is 3.92. The number of hydrogen-bond acceptors (Lipinski definition) is 3. The van der Waals surface area contributed by atoms with Crippen LogP contribution in [0.15, 0.2) is 27.8 Å². The number of sulfone groups is 1. The molecule has 0 bridgehead atoms. The Balaban J connectivity index is 2.43. The van der Waals surface area contributed by atoms with Crippen LogP contribution in [0.5, 0.6) is 0 Å². The minimum atomic E-state index is -3.19. The van der Waals surface area contributed by atoms with Crippen molar-refractivity contribution in [2.75, 3.05) is 0 Å². The Morgan fingerprint density at radius 3 is 2.64 bits per heavy atom. The minimum absolute atomic E-state index is 0.185. The maximum absolute atomic E-state index is 11.9. The molecule has 0 spiro atoms. The number of aromatic nitrogens is 1. The first-order valence-electron chi connectivity index (χ1n) is 4.47. The summed E-state index contributed by atoms with van der Waals surface area (Å²) in [5, 5.41) is -0.0293. The average molecular weight is 276 g/mol. The quantitative estimate of drug-likeness (QED) is 0.831. The molecule has 0 atom stereocenters. The number of hydrogen-bond donors (Lipinski definition) is 0. The molecule has 0 aromatic carbocycles. The number of halogens is 1. The van der Waals surface area contributed by atoms with Crippen LogP contribution in [-0.2, 0) is 9.84 Å². The Bertz CT molecular complexity index is 440. The molecule has 14 heavy (non-hydrogen) atoms. The van der Waals surface area contributed by atoms with Crippen molar-refractivity contribution >= 4 is 25.8 Å². The Morgan fingerprint density at radius 1 is 1.43 bits per heavy atom. The summed E-state index contributed by atoms with van der Waals surface area (Å²) in [6, 6.07) is 3.42. The number of nitrogens with zero attached hydrogens (tertiary/aromatic N) is 1. The molecule has 0 radical (unpaired) electrons. The first-order chi connectivity index (χ1) is 6.62. The van der Waals surface area contributed by atoms with Crippen molar-refractivity contribution in [1.82, 2.24) is 4.98 Å². The van der Waals surface area contributed by atoms with Gasteiger partial charge in [0.1, 0.15) is 0 Å². The Labute approximate surface area is 91.6 Å². The van der Waals surface area contributed by atoms with E-state index in [-0.39, 0.29) is 10.3 Å². The van der Waals surface area contributed by atoms with Gasteiger partial charge >= 0.3 is 0 Å². The molecular formula is C9H10BrNO2S. The fraction of sp³-hybridized carbons (Fsp3) is 0.444. The van der Waals surface area contributed by atoms with Crippen LogP contribution >= 0.6 is 15.9 Å². The first kappa shape index (κ1) is 10.1. The van der Waals surface area contributed by atoms with Gasteiger partial charge in [-0.15, -0.1) is 0 Å². The molecule has 76 valence electrons. The molecule has 1 aromatic rings. The predicted octanol–water partition coefficient (Wildman–Crippen LogP) is 2.17. The molecule has 1 heterocycles. The monoisotopic (exact) mass is 275 g/mol. The maximum atomic E-state index is 11.9. The van der Waals surface area contributed by atoms with Gasteiger partial charge in [0.05, 0.1) is 9.72 Å². The third-order valence-corrected chi connectivity index (χ3v) is 5.60. The van der Waals surface area contributed by atoms with E-state index in [0.29, 0.717) is 4.47 Å². The van der Waals surface area contributed by atoms with Gasteiger partial charge in [0.15, 0.2) is 14.9 Å². The summed E-state index contributed by atoms with van der Waals surface area (Å²) >= 11 is 3.21. The second-order valence-corrected chi connectivity index (χ2v) is 6.39. The van der Waals surface area contributed by atoms with Crippen molar-refractivity contribution in [3.05, 3.63) is 22.8 Å². The lowest BCUT2D eigenvalue weighted by atomic mass is 10.0. The zero-order chi connectivity index (χ0) is 10.2. The van der Waals surface area contributed by atoms with Crippen LogP contribution in [0.4, 0.5) is 0 Å². The van der Waals surface area contributed by atoms with Crippen molar-refractivity contribution < 1.29 is 8.42 Å². The van der Waals surface area contributed by atoms with Gasteiger partial charge in [0.2, 0.25) is 0 Å². The highest BCUT2D eigenvalue weighted by atomic mass is 79.9. The minimum Gasteiger partial charge on any atom is -0.244 e. The van der Waals surface area contributed by atoms with Crippen molar-refractivity contribution in [3.8, 4) is 0 Å². The second kappa shape index (κ2) is 3.62. The molecule has 0 N–H and O–H groups in total. The molecule has 1 saturated carbocycles. The van der Waals surface area contributed by atoms with E-state index in [1.165, 1.54) is 6.20 Å². The molecule has 1 fully saturated rings. The standard InChI is InChI=1S/C9H10BrNO2S/c10-8-5-2-6-11-9(8)14(12,13)7-3-1-4-7/h2,5-7H,1,3-4H2. The van der Waals surface area contributed by atoms with Gasteiger partial charge in [-0.3, -0.25) is 0 Å². The highest BCUT2D eigenvalue weighted by molar-refractivity contribution is 9.10. The smallest absolute Gasteiger partial charge is 0.199 e. The fourth-order valence-electron chi connectivity index (χ4n) is 1.42. The summed E-state index contributed by atoms with van der Waals surface area (Å²) in [5.74, 6) is 0. The summed E-state index contributed by atoms with van der Waals surface area (Å²) in [6.45, 7) is 0. The third-order valence-electron chi connectivity index (χ3n) is 2.49. The van der Waals surface area contributed by atoms with E-state index in [9.17, 15) is 8.42 Å². The van der Waals surface area contributed by atoms with Gasteiger partial charge in [0.25, 0.3) is 0 Å². The van der Waals surface area contributed by atoms with Crippen LogP contribution in [0.1, 0.15) is 19.3 Å². The van der Waals surface area contributed by atoms with E-state index < -0.39 is 9.84 Å². The summed E-state index contributed by atoms with van der Waals surface area (Å²) in [5.41, 5.74) is 0. The van der Waals surface area contributed by atoms with Gasteiger partial charge in [-0.1, -0.05) is 6.42 Å². The average Bonchev–Trinajstić information content (AvgIpc) is 2.00. The third kappa shape index (κ3) is 1.59. The van der Waals surface area contributed by atoms with Crippen LogP contribution < -0.4 is 0 Å². The van der Waals surface area contributed by atoms with Crippen LogP contribution in [-0.4, -0.2) is 18.7 Å². The number of pyridine rings is 1. The summed E-state index contributed by atoms with van der Waals surface area (Å²) in [6.07, 6.45) is 4.06. The normalized spacial score (nSPS) is 17.8. The molecule has 1 aliphatic carbocycles. The van der Waals surface area contributed by atoms with Gasteiger partial charge in [-0.2, -0.15) is 0 Å². The van der Waals surface area contributed by atoms with E-state index in [4.69, 9.17) is 0 Å². The predicted molar refractivity (Wildman–Crippen MR) is 56.8 cm³/mol. The molecule has 3 nitrogen and oxygen atoms in total. The van der Waals surface area contributed by atoms with Crippen molar-refractivity contribution in [3.63, 3.8) is 0 Å². The Kier molecular flexibility index (Phi) is 2.62. The summed E-state index contributed by atoms with van der Waals surface area (Å²) < 4.78 is 24.4. The van der Waals surface area contributed by atoms with Crippen LogP contribution in [0.2, 0.25) is 0 Å².